The zero-order chi connectivity index (χ0) is 42.1. The van der Waals surface area contributed by atoms with Crippen LogP contribution >= 0.6 is 0 Å². The van der Waals surface area contributed by atoms with Crippen LogP contribution in [0.1, 0.15) is 249 Å². The molecule has 0 unspecified atom stereocenters. The number of benzene rings is 2. The molecule has 0 radical (unpaired) electrons. The largest absolute Gasteiger partial charge is 2.00 e. The van der Waals surface area contributed by atoms with Crippen molar-refractivity contribution in [2.24, 2.45) is 0 Å². The van der Waals surface area contributed by atoms with Crippen molar-refractivity contribution in [3.8, 4) is 0 Å². The van der Waals surface area contributed by atoms with E-state index >= 15 is 0 Å². The molecule has 1 aliphatic heterocycles. The molecule has 0 saturated heterocycles. The normalized spacial score (nSPS) is 12.3. The first kappa shape index (κ1) is 56.2. The molecule has 1 aliphatic rings. The molecule has 0 aromatic heterocycles. The van der Waals surface area contributed by atoms with Crippen LogP contribution in [0.25, 0.3) is 16.9 Å². The Morgan fingerprint density at radius 3 is 0.948 bits per heavy atom. The van der Waals surface area contributed by atoms with E-state index in [0.29, 0.717) is 0 Å². The summed E-state index contributed by atoms with van der Waals surface area (Å²) < 4.78 is 1.68. The average molecular weight is 888 g/mol. The van der Waals surface area contributed by atoms with Crippen LogP contribution in [0.5, 0.6) is 0 Å². The van der Waals surface area contributed by atoms with Gasteiger partial charge in [0.15, 0.2) is 0 Å². The second-order valence-corrected chi connectivity index (χ2v) is 16.8. The van der Waals surface area contributed by atoms with Crippen molar-refractivity contribution in [1.29, 1.82) is 0 Å². The Morgan fingerprint density at radius 1 is 0.362 bits per heavy atom. The average Bonchev–Trinajstić information content (AvgIpc) is 3.50. The third-order valence-electron chi connectivity index (χ3n) is 11.3. The summed E-state index contributed by atoms with van der Waals surface area (Å²) in [5.41, 5.74) is 25.8. The number of nitrogens with zero attached hydrogens (tertiary/aromatic N) is 2. The van der Waals surface area contributed by atoms with E-state index in [2.05, 4.69) is 106 Å². The summed E-state index contributed by atoms with van der Waals surface area (Å²) in [6, 6.07) is 14.7. The Morgan fingerprint density at radius 2 is 0.621 bits per heavy atom. The fourth-order valence-corrected chi connectivity index (χ4v) is 7.71. The number of aryl methyl sites for hydroxylation is 4. The number of hydrogen-bond acceptors (Lipinski definition) is 0. The molecule has 2 aromatic carbocycles. The number of allylic oxidation sites excluding steroid dienone is 2. The minimum absolute atomic E-state index is 0. The summed E-state index contributed by atoms with van der Waals surface area (Å²) in [6.45, 7) is 25.2. The van der Waals surface area contributed by atoms with Gasteiger partial charge >= 0.3 is 20.4 Å². The Labute approximate surface area is 376 Å². The van der Waals surface area contributed by atoms with Gasteiger partial charge in [-0.05, 0) is 124 Å². The fraction of sp³-hybridized carbons (Fsp3) is 0.673. The maximum absolute atomic E-state index is 12.6. The van der Waals surface area contributed by atoms with Gasteiger partial charge in [-0.2, -0.15) is 12.8 Å². The second kappa shape index (κ2) is 37.0. The predicted molar refractivity (Wildman–Crippen MR) is 257 cm³/mol. The first-order valence-electron chi connectivity index (χ1n) is 24.6. The molecule has 2 nitrogen and oxygen atoms in total. The van der Waals surface area contributed by atoms with Crippen molar-refractivity contribution in [3.05, 3.63) is 100 Å². The molecule has 3 heteroatoms. The third-order valence-corrected chi connectivity index (χ3v) is 11.3. The molecule has 0 bridgehead atoms. The Hall–Kier alpha value is -1.82. The van der Waals surface area contributed by atoms with E-state index in [1.54, 1.807) is 4.70 Å². The van der Waals surface area contributed by atoms with E-state index in [1.165, 1.54) is 179 Å². The van der Waals surface area contributed by atoms with E-state index in [1.807, 2.05) is 0 Å². The van der Waals surface area contributed by atoms with Crippen molar-refractivity contribution in [2.45, 2.75) is 242 Å². The van der Waals surface area contributed by atoms with Gasteiger partial charge in [-0.25, -0.2) is 4.70 Å². The monoisotopic (exact) mass is 887 g/mol. The SMILES string of the molecule is CCCCCCCCC1=C(c2cc(CCCC)cc(CCCCC)c2)[N+](=[N-])C(c2cc(CCCC)cc(CCCCC)c2)=C1CCCCC.[CH2-]CCC.[CH2-]CCC.[Pd+2]. The summed E-state index contributed by atoms with van der Waals surface area (Å²) in [7, 11) is 0. The van der Waals surface area contributed by atoms with Crippen LogP contribution in [0.4, 0.5) is 0 Å². The van der Waals surface area contributed by atoms with Crippen LogP contribution in [0.15, 0.2) is 47.5 Å². The third kappa shape index (κ3) is 22.1. The van der Waals surface area contributed by atoms with Crippen LogP contribution in [0, 0.1) is 13.8 Å². The molecular formula is C55H92N2Pd. The van der Waals surface area contributed by atoms with Gasteiger partial charge in [0.05, 0.1) is 0 Å². The number of unbranched alkanes of at least 4 members (excludes halogenated alkanes) is 15. The van der Waals surface area contributed by atoms with Gasteiger partial charge in [0.1, 0.15) is 0 Å². The van der Waals surface area contributed by atoms with Gasteiger partial charge in [-0.1, -0.05) is 164 Å². The van der Waals surface area contributed by atoms with Crippen LogP contribution in [-0.4, -0.2) is 4.70 Å². The standard InChI is InChI=1S/C47H74N2.2C4H9.Pd/c1-7-13-19-20-21-25-31-45-44(30-24-16-10-4)46(42-34-38(26-17-11-5)32-40(36-42)28-22-14-8-2)49(48)47(45)43-35-39(27-18-12-6)33-41(37-43)29-23-15-9-3;2*1-3-4-2;/h32-37H,7-31H2,1-6H3;2*1,3-4H2,2H3;/q;2*-1;+2. The Kier molecular flexibility index (Phi) is 35.8. The Balaban J connectivity index is 0.00000329. The molecule has 0 atom stereocenters. The molecule has 0 amide bonds. The second-order valence-electron chi connectivity index (χ2n) is 16.8. The summed E-state index contributed by atoms with van der Waals surface area (Å²) in [4.78, 5) is 0. The smallest absolute Gasteiger partial charge is 0.493 e. The summed E-state index contributed by atoms with van der Waals surface area (Å²) in [5.74, 6) is 0. The molecule has 0 aliphatic carbocycles. The van der Waals surface area contributed by atoms with Crippen molar-refractivity contribution in [3.63, 3.8) is 0 Å². The molecular weight excluding hydrogens is 795 g/mol. The summed E-state index contributed by atoms with van der Waals surface area (Å²) in [6.07, 6.45) is 34.8. The van der Waals surface area contributed by atoms with E-state index in [0.717, 1.165) is 62.8 Å². The van der Waals surface area contributed by atoms with Gasteiger partial charge in [0.2, 0.25) is 11.4 Å². The van der Waals surface area contributed by atoms with Gasteiger partial charge in [-0.3, -0.25) is 0 Å². The first-order chi connectivity index (χ1) is 27.8. The van der Waals surface area contributed by atoms with E-state index in [4.69, 9.17) is 0 Å². The van der Waals surface area contributed by atoms with Crippen molar-refractivity contribution in [2.75, 3.05) is 0 Å². The zero-order valence-corrected chi connectivity index (χ0v) is 41.1. The zero-order valence-electron chi connectivity index (χ0n) is 39.6. The maximum atomic E-state index is 12.6. The predicted octanol–water partition coefficient (Wildman–Crippen LogP) is 18.6. The van der Waals surface area contributed by atoms with Crippen LogP contribution < -0.4 is 0 Å². The van der Waals surface area contributed by atoms with E-state index in [-0.39, 0.29) is 20.4 Å². The topological polar surface area (TPSA) is 25.3 Å². The Bertz CT molecular complexity index is 1390. The fourth-order valence-electron chi connectivity index (χ4n) is 7.71. The summed E-state index contributed by atoms with van der Waals surface area (Å²) >= 11 is 0. The molecule has 0 N–H and O–H groups in total. The van der Waals surface area contributed by atoms with Crippen molar-refractivity contribution < 1.29 is 25.1 Å². The summed E-state index contributed by atoms with van der Waals surface area (Å²) in [5, 5.41) is 0. The quantitative estimate of drug-likeness (QED) is 0.0337. The van der Waals surface area contributed by atoms with Gasteiger partial charge in [0, 0.05) is 22.3 Å². The molecule has 0 spiro atoms. The van der Waals surface area contributed by atoms with Crippen LogP contribution in [-0.2, 0) is 46.1 Å². The molecule has 0 fully saturated rings. The number of hydrogen-bond donors (Lipinski definition) is 0. The molecule has 1 heterocycles. The van der Waals surface area contributed by atoms with Gasteiger partial charge < -0.3 is 19.4 Å². The van der Waals surface area contributed by atoms with Crippen LogP contribution in [0.2, 0.25) is 0 Å². The van der Waals surface area contributed by atoms with Crippen molar-refractivity contribution >= 4 is 11.4 Å². The number of rotatable bonds is 29. The van der Waals surface area contributed by atoms with Gasteiger partial charge in [0.25, 0.3) is 0 Å². The van der Waals surface area contributed by atoms with Gasteiger partial charge in [-0.15, -0.1) is 0 Å². The molecule has 3 rings (SSSR count). The molecule has 0 saturated carbocycles. The minimum atomic E-state index is 0. The van der Waals surface area contributed by atoms with E-state index in [9.17, 15) is 5.53 Å². The maximum Gasteiger partial charge on any atom is 2.00 e. The molecule has 58 heavy (non-hydrogen) atoms. The van der Waals surface area contributed by atoms with Crippen LogP contribution in [0.3, 0.4) is 0 Å². The van der Waals surface area contributed by atoms with E-state index < -0.39 is 0 Å². The molecule has 2 aromatic rings. The minimum Gasteiger partial charge on any atom is -0.493 e. The van der Waals surface area contributed by atoms with Crippen molar-refractivity contribution in [1.82, 2.24) is 0 Å². The molecule has 332 valence electrons. The first-order valence-corrected chi connectivity index (χ1v) is 24.6.